The Labute approximate surface area is 130 Å². The van der Waals surface area contributed by atoms with E-state index in [-0.39, 0.29) is 5.38 Å². The van der Waals surface area contributed by atoms with Crippen molar-refractivity contribution in [2.24, 2.45) is 0 Å². The highest BCUT2D eigenvalue weighted by molar-refractivity contribution is 9.10. The van der Waals surface area contributed by atoms with Gasteiger partial charge in [-0.1, -0.05) is 22.0 Å². The molecule has 1 atom stereocenters. The van der Waals surface area contributed by atoms with Gasteiger partial charge < -0.3 is 9.47 Å². The van der Waals surface area contributed by atoms with Crippen LogP contribution in [-0.2, 0) is 0 Å². The van der Waals surface area contributed by atoms with Crippen LogP contribution in [0.5, 0.6) is 11.5 Å². The maximum Gasteiger partial charge on any atom is 0.134 e. The third-order valence-electron chi connectivity index (χ3n) is 2.66. The lowest BCUT2D eigenvalue weighted by Crippen LogP contribution is -1.97. The van der Waals surface area contributed by atoms with Gasteiger partial charge in [0.15, 0.2) is 0 Å². The van der Waals surface area contributed by atoms with Crippen LogP contribution in [0.15, 0.2) is 34.1 Å². The number of thiophene rings is 1. The average Bonchev–Trinajstić information content (AvgIpc) is 2.87. The second kappa shape index (κ2) is 6.64. The van der Waals surface area contributed by atoms with Gasteiger partial charge in [0.1, 0.15) is 11.5 Å². The molecular formula is C14H14BrClO2S. The van der Waals surface area contributed by atoms with E-state index in [2.05, 4.69) is 15.9 Å². The van der Waals surface area contributed by atoms with Gasteiger partial charge in [-0.05, 0) is 36.1 Å². The lowest BCUT2D eigenvalue weighted by molar-refractivity contribution is 0.340. The summed E-state index contributed by atoms with van der Waals surface area (Å²) in [5.41, 5.74) is 1.01. The van der Waals surface area contributed by atoms with Gasteiger partial charge in [-0.15, -0.1) is 22.9 Å². The van der Waals surface area contributed by atoms with E-state index in [1.807, 2.05) is 36.6 Å². The number of benzene rings is 1. The van der Waals surface area contributed by atoms with E-state index in [1.54, 1.807) is 18.4 Å². The molecular weight excluding hydrogens is 348 g/mol. The fourth-order valence-corrected chi connectivity index (χ4v) is 3.80. The first-order chi connectivity index (χ1) is 9.17. The summed E-state index contributed by atoms with van der Waals surface area (Å²) < 4.78 is 11.7. The standard InChI is InChI=1S/C14H14BrClO2S/c1-3-18-9-4-5-10(11(15)8-9)13(16)14-12(17-2)6-7-19-14/h4-8,13H,3H2,1-2H3. The molecule has 2 nitrogen and oxygen atoms in total. The minimum atomic E-state index is -0.236. The van der Waals surface area contributed by atoms with E-state index < -0.39 is 0 Å². The molecule has 0 saturated carbocycles. The van der Waals surface area contributed by atoms with Crippen LogP contribution in [0, 0.1) is 0 Å². The zero-order valence-corrected chi connectivity index (χ0v) is 13.8. The Bertz CT molecular complexity index is 556. The zero-order valence-electron chi connectivity index (χ0n) is 10.7. The van der Waals surface area contributed by atoms with Crippen molar-refractivity contribution in [2.45, 2.75) is 12.3 Å². The van der Waals surface area contributed by atoms with Crippen molar-refractivity contribution in [1.82, 2.24) is 0 Å². The third-order valence-corrected chi connectivity index (χ3v) is 4.90. The molecule has 0 aliphatic heterocycles. The van der Waals surface area contributed by atoms with Crippen LogP contribution in [0.1, 0.15) is 22.7 Å². The van der Waals surface area contributed by atoms with Crippen LogP contribution in [0.25, 0.3) is 0 Å². The minimum Gasteiger partial charge on any atom is -0.496 e. The molecule has 2 rings (SSSR count). The maximum atomic E-state index is 6.55. The molecule has 0 aliphatic carbocycles. The van der Waals surface area contributed by atoms with Crippen molar-refractivity contribution >= 4 is 38.9 Å². The zero-order chi connectivity index (χ0) is 13.8. The van der Waals surface area contributed by atoms with Crippen LogP contribution in [0.4, 0.5) is 0 Å². The molecule has 0 amide bonds. The summed E-state index contributed by atoms with van der Waals surface area (Å²) in [7, 11) is 1.66. The first-order valence-electron chi connectivity index (χ1n) is 5.85. The Balaban J connectivity index is 2.31. The Morgan fingerprint density at radius 1 is 1.37 bits per heavy atom. The maximum absolute atomic E-state index is 6.55. The van der Waals surface area contributed by atoms with Crippen LogP contribution in [-0.4, -0.2) is 13.7 Å². The summed E-state index contributed by atoms with van der Waals surface area (Å²) in [6, 6.07) is 7.77. The van der Waals surface area contributed by atoms with Gasteiger partial charge in [0.05, 0.1) is 24.0 Å². The fourth-order valence-electron chi connectivity index (χ4n) is 1.77. The van der Waals surface area contributed by atoms with E-state index in [1.165, 1.54) is 0 Å². The van der Waals surface area contributed by atoms with Gasteiger partial charge in [0.25, 0.3) is 0 Å². The van der Waals surface area contributed by atoms with Gasteiger partial charge in [0, 0.05) is 4.47 Å². The van der Waals surface area contributed by atoms with Crippen LogP contribution < -0.4 is 9.47 Å². The fraction of sp³-hybridized carbons (Fsp3) is 0.286. The van der Waals surface area contributed by atoms with Gasteiger partial charge >= 0.3 is 0 Å². The monoisotopic (exact) mass is 360 g/mol. The normalized spacial score (nSPS) is 12.2. The van der Waals surface area contributed by atoms with Crippen molar-refractivity contribution in [1.29, 1.82) is 0 Å². The second-order valence-corrected chi connectivity index (χ2v) is 6.07. The Morgan fingerprint density at radius 3 is 2.79 bits per heavy atom. The third kappa shape index (κ3) is 3.25. The lowest BCUT2D eigenvalue weighted by Gasteiger charge is -2.13. The molecule has 0 bridgehead atoms. The van der Waals surface area contributed by atoms with Crippen molar-refractivity contribution in [3.05, 3.63) is 44.6 Å². The number of hydrogen-bond acceptors (Lipinski definition) is 3. The van der Waals surface area contributed by atoms with Gasteiger partial charge in [-0.25, -0.2) is 0 Å². The molecule has 1 aromatic heterocycles. The summed E-state index contributed by atoms with van der Waals surface area (Å²) >= 11 is 11.7. The molecule has 0 aliphatic rings. The van der Waals surface area contributed by atoms with E-state index in [4.69, 9.17) is 21.1 Å². The molecule has 19 heavy (non-hydrogen) atoms. The highest BCUT2D eigenvalue weighted by Crippen LogP contribution is 2.42. The average molecular weight is 362 g/mol. The van der Waals surface area contributed by atoms with Crippen molar-refractivity contribution in [3.63, 3.8) is 0 Å². The Morgan fingerprint density at radius 2 is 2.16 bits per heavy atom. The van der Waals surface area contributed by atoms with Crippen molar-refractivity contribution in [3.8, 4) is 11.5 Å². The Hall–Kier alpha value is -0.710. The number of alkyl halides is 1. The summed E-state index contributed by atoms with van der Waals surface area (Å²) in [5.74, 6) is 1.66. The summed E-state index contributed by atoms with van der Waals surface area (Å²) in [5, 5.41) is 1.74. The van der Waals surface area contributed by atoms with Gasteiger partial charge in [-0.2, -0.15) is 0 Å². The van der Waals surface area contributed by atoms with Gasteiger partial charge in [0.2, 0.25) is 0 Å². The van der Waals surface area contributed by atoms with Crippen molar-refractivity contribution < 1.29 is 9.47 Å². The molecule has 0 spiro atoms. The first kappa shape index (κ1) is 14.7. The Kier molecular flexibility index (Phi) is 5.13. The first-order valence-corrected chi connectivity index (χ1v) is 7.96. The number of methoxy groups -OCH3 is 1. The largest absolute Gasteiger partial charge is 0.496 e. The number of halogens is 2. The number of rotatable bonds is 5. The highest BCUT2D eigenvalue weighted by atomic mass is 79.9. The smallest absolute Gasteiger partial charge is 0.134 e. The second-order valence-electron chi connectivity index (χ2n) is 3.83. The van der Waals surface area contributed by atoms with Crippen LogP contribution in [0.2, 0.25) is 0 Å². The summed E-state index contributed by atoms with van der Waals surface area (Å²) in [4.78, 5) is 1.01. The molecule has 1 aromatic carbocycles. The molecule has 5 heteroatoms. The molecule has 0 saturated heterocycles. The molecule has 1 unspecified atom stereocenters. The molecule has 102 valence electrons. The minimum absolute atomic E-state index is 0.236. The topological polar surface area (TPSA) is 18.5 Å². The molecule has 1 heterocycles. The lowest BCUT2D eigenvalue weighted by atomic mass is 10.1. The molecule has 2 aromatic rings. The number of ether oxygens (including phenoxy) is 2. The van der Waals surface area contributed by atoms with Crippen LogP contribution in [0.3, 0.4) is 0 Å². The number of hydrogen-bond donors (Lipinski definition) is 0. The van der Waals surface area contributed by atoms with E-state index >= 15 is 0 Å². The summed E-state index contributed by atoms with van der Waals surface area (Å²) in [6.07, 6.45) is 0. The van der Waals surface area contributed by atoms with E-state index in [0.29, 0.717) is 6.61 Å². The predicted octanol–water partition coefficient (Wildman–Crippen LogP) is 5.25. The highest BCUT2D eigenvalue weighted by Gasteiger charge is 2.19. The molecule has 0 fully saturated rings. The predicted molar refractivity (Wildman–Crippen MR) is 83.9 cm³/mol. The van der Waals surface area contributed by atoms with E-state index in [9.17, 15) is 0 Å². The summed E-state index contributed by atoms with van der Waals surface area (Å²) in [6.45, 7) is 2.61. The van der Waals surface area contributed by atoms with Crippen molar-refractivity contribution in [2.75, 3.05) is 13.7 Å². The van der Waals surface area contributed by atoms with Crippen LogP contribution >= 0.6 is 38.9 Å². The van der Waals surface area contributed by atoms with Gasteiger partial charge in [-0.3, -0.25) is 0 Å². The van der Waals surface area contributed by atoms with E-state index in [0.717, 1.165) is 26.4 Å². The molecule has 0 radical (unpaired) electrons. The SMILES string of the molecule is CCOc1ccc(C(Cl)c2sccc2OC)c(Br)c1. The quantitative estimate of drug-likeness (QED) is 0.677. The molecule has 0 N–H and O–H groups in total.